The Labute approximate surface area is 175 Å². The molecule has 152 valence electrons. The molecular weight excluding hydrogens is 445 g/mol. The van der Waals surface area contributed by atoms with Crippen LogP contribution in [0.25, 0.3) is 0 Å². The number of likely N-dealkylation sites (tertiary alicyclic amines) is 1. The lowest BCUT2D eigenvalue weighted by Crippen LogP contribution is -2.42. The summed E-state index contributed by atoms with van der Waals surface area (Å²) in [6.07, 6.45) is 4.85. The van der Waals surface area contributed by atoms with Crippen molar-refractivity contribution >= 4 is 41.8 Å². The van der Waals surface area contributed by atoms with Gasteiger partial charge in [0.2, 0.25) is 11.8 Å². The van der Waals surface area contributed by atoms with E-state index in [1.165, 1.54) is 0 Å². The Morgan fingerprint density at radius 3 is 2.58 bits per heavy atom. The maximum atomic E-state index is 12.0. The van der Waals surface area contributed by atoms with Gasteiger partial charge in [0, 0.05) is 51.6 Å². The molecule has 3 N–H and O–H groups in total. The van der Waals surface area contributed by atoms with Gasteiger partial charge in [0.1, 0.15) is 0 Å². The average Bonchev–Trinajstić information content (AvgIpc) is 2.79. The van der Waals surface area contributed by atoms with Crippen LogP contribution in [0.3, 0.4) is 0 Å². The molecule has 0 aromatic heterocycles. The van der Waals surface area contributed by atoms with Crippen molar-refractivity contribution in [3.05, 3.63) is 0 Å². The summed E-state index contributed by atoms with van der Waals surface area (Å²) in [5, 5.41) is 9.28. The van der Waals surface area contributed by atoms with Crippen molar-refractivity contribution in [2.45, 2.75) is 52.9 Å². The molecule has 8 heteroatoms. The van der Waals surface area contributed by atoms with Gasteiger partial charge in [-0.15, -0.1) is 24.0 Å². The first kappa shape index (κ1) is 24.9. The van der Waals surface area contributed by atoms with Gasteiger partial charge in [-0.05, 0) is 26.2 Å². The minimum absolute atomic E-state index is 0. The van der Waals surface area contributed by atoms with Crippen LogP contribution in [0.2, 0.25) is 0 Å². The van der Waals surface area contributed by atoms with Crippen LogP contribution >= 0.6 is 24.0 Å². The number of aliphatic imine (C=N–C) groups is 1. The van der Waals surface area contributed by atoms with Crippen LogP contribution in [0.15, 0.2) is 4.99 Å². The summed E-state index contributed by atoms with van der Waals surface area (Å²) in [6, 6.07) is 0. The standard InChI is InChI=1S/C18H35N5O2.HI/c1-4-19-18(22-12-11-20-17(25)15(2)3)21-10-8-14-23-13-7-5-6-9-16(23)24;/h15H,4-14H2,1-3H3,(H,20,25)(H2,19,21,22);1H. The lowest BCUT2D eigenvalue weighted by molar-refractivity contribution is -0.130. The number of rotatable bonds is 9. The first-order valence-corrected chi connectivity index (χ1v) is 9.62. The highest BCUT2D eigenvalue weighted by molar-refractivity contribution is 14.0. The molecule has 0 spiro atoms. The number of carbonyl (C=O) groups excluding carboxylic acids is 2. The van der Waals surface area contributed by atoms with Crippen molar-refractivity contribution in [3.63, 3.8) is 0 Å². The number of nitrogens with zero attached hydrogens (tertiary/aromatic N) is 2. The molecule has 1 rings (SSSR count). The van der Waals surface area contributed by atoms with E-state index in [2.05, 4.69) is 20.9 Å². The van der Waals surface area contributed by atoms with Crippen molar-refractivity contribution in [2.75, 3.05) is 39.3 Å². The fourth-order valence-corrected chi connectivity index (χ4v) is 2.64. The van der Waals surface area contributed by atoms with Crippen molar-refractivity contribution in [2.24, 2.45) is 10.9 Å². The number of halogens is 1. The fraction of sp³-hybridized carbons (Fsp3) is 0.833. The van der Waals surface area contributed by atoms with E-state index in [-0.39, 0.29) is 41.7 Å². The summed E-state index contributed by atoms with van der Waals surface area (Å²) >= 11 is 0. The van der Waals surface area contributed by atoms with Crippen molar-refractivity contribution in [1.29, 1.82) is 0 Å². The maximum absolute atomic E-state index is 12.0. The molecule has 26 heavy (non-hydrogen) atoms. The third kappa shape index (κ3) is 10.8. The summed E-state index contributed by atoms with van der Waals surface area (Å²) in [5.41, 5.74) is 0. The monoisotopic (exact) mass is 481 g/mol. The van der Waals surface area contributed by atoms with E-state index in [4.69, 9.17) is 0 Å². The Hall–Kier alpha value is -1.06. The third-order valence-electron chi connectivity index (χ3n) is 4.11. The molecule has 0 aromatic carbocycles. The van der Waals surface area contributed by atoms with E-state index in [0.29, 0.717) is 26.1 Å². The van der Waals surface area contributed by atoms with Crippen LogP contribution < -0.4 is 16.0 Å². The molecule has 1 heterocycles. The Kier molecular flexibility index (Phi) is 14.4. The zero-order valence-electron chi connectivity index (χ0n) is 16.5. The normalized spacial score (nSPS) is 15.3. The molecule has 2 amide bonds. The number of nitrogens with one attached hydrogen (secondary N) is 3. The van der Waals surface area contributed by atoms with Crippen molar-refractivity contribution in [1.82, 2.24) is 20.9 Å². The molecular formula is C18H36IN5O2. The van der Waals surface area contributed by atoms with Gasteiger partial charge in [0.05, 0.1) is 0 Å². The molecule has 0 saturated carbocycles. The predicted octanol–water partition coefficient (Wildman–Crippen LogP) is 1.72. The SMILES string of the molecule is CCNC(=NCCCN1CCCCCC1=O)NCCNC(=O)C(C)C.I. The molecule has 7 nitrogen and oxygen atoms in total. The van der Waals surface area contributed by atoms with Gasteiger partial charge in [-0.2, -0.15) is 0 Å². The first-order valence-electron chi connectivity index (χ1n) is 9.62. The molecule has 1 aliphatic heterocycles. The summed E-state index contributed by atoms with van der Waals surface area (Å²) < 4.78 is 0. The quantitative estimate of drug-likeness (QED) is 0.203. The van der Waals surface area contributed by atoms with Crippen LogP contribution in [-0.2, 0) is 9.59 Å². The predicted molar refractivity (Wildman–Crippen MR) is 117 cm³/mol. The number of hydrogen-bond acceptors (Lipinski definition) is 3. The van der Waals surface area contributed by atoms with Gasteiger partial charge in [-0.1, -0.05) is 20.3 Å². The second-order valence-corrected chi connectivity index (χ2v) is 6.68. The van der Waals surface area contributed by atoms with E-state index >= 15 is 0 Å². The summed E-state index contributed by atoms with van der Waals surface area (Å²) in [4.78, 5) is 30.0. The molecule has 0 radical (unpaired) electrons. The number of hydrogen-bond donors (Lipinski definition) is 3. The van der Waals surface area contributed by atoms with Gasteiger partial charge < -0.3 is 20.9 Å². The number of guanidine groups is 1. The molecule has 1 saturated heterocycles. The summed E-state index contributed by atoms with van der Waals surface area (Å²) in [7, 11) is 0. The lowest BCUT2D eigenvalue weighted by atomic mass is 10.2. The van der Waals surface area contributed by atoms with Crippen LogP contribution in [0, 0.1) is 5.92 Å². The molecule has 0 unspecified atom stereocenters. The van der Waals surface area contributed by atoms with Gasteiger partial charge in [-0.3, -0.25) is 14.6 Å². The Morgan fingerprint density at radius 1 is 1.15 bits per heavy atom. The highest BCUT2D eigenvalue weighted by atomic mass is 127. The van der Waals surface area contributed by atoms with Crippen molar-refractivity contribution in [3.8, 4) is 0 Å². The highest BCUT2D eigenvalue weighted by Crippen LogP contribution is 2.11. The van der Waals surface area contributed by atoms with Gasteiger partial charge in [-0.25, -0.2) is 0 Å². The van der Waals surface area contributed by atoms with E-state index in [9.17, 15) is 9.59 Å². The lowest BCUT2D eigenvalue weighted by Gasteiger charge is -2.20. The summed E-state index contributed by atoms with van der Waals surface area (Å²) in [5.74, 6) is 1.10. The van der Waals surface area contributed by atoms with Crippen LogP contribution in [0.1, 0.15) is 52.9 Å². The van der Waals surface area contributed by atoms with E-state index < -0.39 is 0 Å². The maximum Gasteiger partial charge on any atom is 0.222 e. The molecule has 0 aliphatic carbocycles. The van der Waals surface area contributed by atoms with Crippen LogP contribution in [-0.4, -0.2) is 61.9 Å². The second-order valence-electron chi connectivity index (χ2n) is 6.68. The average molecular weight is 481 g/mol. The van der Waals surface area contributed by atoms with Gasteiger partial charge in [0.15, 0.2) is 5.96 Å². The molecule has 1 fully saturated rings. The number of carbonyl (C=O) groups is 2. The molecule has 1 aliphatic rings. The zero-order valence-corrected chi connectivity index (χ0v) is 18.8. The minimum Gasteiger partial charge on any atom is -0.357 e. The van der Waals surface area contributed by atoms with Crippen molar-refractivity contribution < 1.29 is 9.59 Å². The Morgan fingerprint density at radius 2 is 1.88 bits per heavy atom. The summed E-state index contributed by atoms with van der Waals surface area (Å²) in [6.45, 7) is 10.1. The van der Waals surface area contributed by atoms with E-state index in [1.54, 1.807) is 0 Å². The fourth-order valence-electron chi connectivity index (χ4n) is 2.64. The number of amides is 2. The topological polar surface area (TPSA) is 85.8 Å². The molecule has 0 aromatic rings. The van der Waals surface area contributed by atoms with Gasteiger partial charge >= 0.3 is 0 Å². The first-order chi connectivity index (χ1) is 12.0. The van der Waals surface area contributed by atoms with E-state index in [0.717, 1.165) is 51.3 Å². The second kappa shape index (κ2) is 15.0. The van der Waals surface area contributed by atoms with Crippen LogP contribution in [0.5, 0.6) is 0 Å². The Bertz CT molecular complexity index is 443. The molecule has 0 bridgehead atoms. The van der Waals surface area contributed by atoms with Gasteiger partial charge in [0.25, 0.3) is 0 Å². The zero-order chi connectivity index (χ0) is 18.5. The Balaban J connectivity index is 0.00000625. The highest BCUT2D eigenvalue weighted by Gasteiger charge is 2.15. The minimum atomic E-state index is 0. The smallest absolute Gasteiger partial charge is 0.222 e. The van der Waals surface area contributed by atoms with E-state index in [1.807, 2.05) is 25.7 Å². The third-order valence-corrected chi connectivity index (χ3v) is 4.11. The largest absolute Gasteiger partial charge is 0.357 e. The molecule has 0 atom stereocenters. The van der Waals surface area contributed by atoms with Crippen LogP contribution in [0.4, 0.5) is 0 Å².